The van der Waals surface area contributed by atoms with E-state index in [1.807, 2.05) is 0 Å². The van der Waals surface area contributed by atoms with Crippen molar-refractivity contribution < 1.29 is 23.9 Å². The second-order valence-corrected chi connectivity index (χ2v) is 3.54. The normalized spacial score (nSPS) is 25.9. The van der Waals surface area contributed by atoms with Crippen LogP contribution in [0.5, 0.6) is 0 Å². The number of Topliss-reactive ketones (excluding diaryl/α,β-unsaturated/α-hetero) is 1. The van der Waals surface area contributed by atoms with Crippen LogP contribution in [0.15, 0.2) is 0 Å². The van der Waals surface area contributed by atoms with Gasteiger partial charge in [-0.15, -0.1) is 0 Å². The van der Waals surface area contributed by atoms with E-state index < -0.39 is 11.9 Å². The van der Waals surface area contributed by atoms with E-state index in [1.54, 1.807) is 0 Å². The molecule has 84 valence electrons. The number of ketones is 1. The lowest BCUT2D eigenvalue weighted by molar-refractivity contribution is -0.155. The molecule has 0 bridgehead atoms. The van der Waals surface area contributed by atoms with Gasteiger partial charge in [-0.25, -0.2) is 0 Å². The lowest BCUT2D eigenvalue weighted by Gasteiger charge is -2.24. The summed E-state index contributed by atoms with van der Waals surface area (Å²) in [7, 11) is 2.53. The second kappa shape index (κ2) is 4.91. The van der Waals surface area contributed by atoms with Gasteiger partial charge in [-0.2, -0.15) is 0 Å². The van der Waals surface area contributed by atoms with Gasteiger partial charge in [0, 0.05) is 6.42 Å². The average molecular weight is 214 g/mol. The van der Waals surface area contributed by atoms with Crippen LogP contribution in [0.25, 0.3) is 0 Å². The molecule has 0 saturated heterocycles. The van der Waals surface area contributed by atoms with Crippen molar-refractivity contribution in [2.45, 2.75) is 19.3 Å². The number of ether oxygens (including phenoxy) is 2. The molecule has 1 fully saturated rings. The van der Waals surface area contributed by atoms with E-state index in [0.29, 0.717) is 6.42 Å². The number of rotatable bonds is 2. The van der Waals surface area contributed by atoms with Crippen LogP contribution in [0.3, 0.4) is 0 Å². The maximum absolute atomic E-state index is 11.4. The fraction of sp³-hybridized carbons (Fsp3) is 0.700. The maximum atomic E-state index is 11.4. The molecule has 0 aromatic rings. The van der Waals surface area contributed by atoms with Gasteiger partial charge < -0.3 is 9.47 Å². The van der Waals surface area contributed by atoms with Crippen molar-refractivity contribution >= 4 is 17.7 Å². The van der Waals surface area contributed by atoms with Crippen LogP contribution < -0.4 is 0 Å². The topological polar surface area (TPSA) is 69.7 Å². The standard InChI is InChI=1S/C10H14O5/c1-14-9(12)6-3-4-8(11)7(5-6)10(13)15-2/h6-7H,3-5H2,1-2H3/t6-,7-/m1/s1. The molecule has 0 N–H and O–H groups in total. The highest BCUT2D eigenvalue weighted by Gasteiger charge is 2.37. The highest BCUT2D eigenvalue weighted by Crippen LogP contribution is 2.28. The van der Waals surface area contributed by atoms with Crippen LogP contribution >= 0.6 is 0 Å². The van der Waals surface area contributed by atoms with Crippen LogP contribution in [0.4, 0.5) is 0 Å². The van der Waals surface area contributed by atoms with Gasteiger partial charge in [0.15, 0.2) is 0 Å². The molecule has 1 rings (SSSR count). The lowest BCUT2D eigenvalue weighted by atomic mass is 9.80. The Kier molecular flexibility index (Phi) is 3.82. The van der Waals surface area contributed by atoms with Crippen molar-refractivity contribution in [1.82, 2.24) is 0 Å². The molecule has 0 aromatic heterocycles. The van der Waals surface area contributed by atoms with E-state index in [1.165, 1.54) is 14.2 Å². The Balaban J connectivity index is 2.68. The molecular formula is C10H14O5. The minimum absolute atomic E-state index is 0.151. The zero-order valence-electron chi connectivity index (χ0n) is 8.82. The Bertz CT molecular complexity index is 276. The third-order valence-electron chi connectivity index (χ3n) is 2.67. The monoisotopic (exact) mass is 214 g/mol. The fourth-order valence-electron chi connectivity index (χ4n) is 1.78. The Morgan fingerprint density at radius 3 is 2.33 bits per heavy atom. The highest BCUT2D eigenvalue weighted by atomic mass is 16.5. The molecule has 0 unspecified atom stereocenters. The number of carbonyl (C=O) groups excluding carboxylic acids is 3. The molecule has 2 atom stereocenters. The lowest BCUT2D eigenvalue weighted by Crippen LogP contribution is -2.35. The largest absolute Gasteiger partial charge is 0.469 e. The highest BCUT2D eigenvalue weighted by molar-refractivity contribution is 6.00. The van der Waals surface area contributed by atoms with Crippen LogP contribution in [0.1, 0.15) is 19.3 Å². The number of hydrogen-bond donors (Lipinski definition) is 0. The molecule has 0 aromatic carbocycles. The van der Waals surface area contributed by atoms with E-state index in [2.05, 4.69) is 9.47 Å². The number of esters is 2. The molecule has 1 aliphatic rings. The molecule has 0 amide bonds. The minimum atomic E-state index is -0.798. The SMILES string of the molecule is COC(=O)[C@@H]1CCC(=O)[C@H](C(=O)OC)C1. The smallest absolute Gasteiger partial charge is 0.316 e. The molecule has 0 radical (unpaired) electrons. The minimum Gasteiger partial charge on any atom is -0.469 e. The Morgan fingerprint density at radius 2 is 1.80 bits per heavy atom. The van der Waals surface area contributed by atoms with Gasteiger partial charge in [0.1, 0.15) is 11.7 Å². The third kappa shape index (κ3) is 2.55. The first-order chi connectivity index (χ1) is 7.10. The van der Waals surface area contributed by atoms with Crippen LogP contribution in [0.2, 0.25) is 0 Å². The first-order valence-corrected chi connectivity index (χ1v) is 4.78. The fourth-order valence-corrected chi connectivity index (χ4v) is 1.78. The molecule has 15 heavy (non-hydrogen) atoms. The van der Waals surface area contributed by atoms with Crippen molar-refractivity contribution in [2.24, 2.45) is 11.8 Å². The molecule has 0 heterocycles. The van der Waals surface area contributed by atoms with Gasteiger partial charge in [0.25, 0.3) is 0 Å². The van der Waals surface area contributed by atoms with Crippen molar-refractivity contribution in [3.05, 3.63) is 0 Å². The summed E-state index contributed by atoms with van der Waals surface area (Å²) in [6.45, 7) is 0. The molecule has 5 heteroatoms. The number of carbonyl (C=O) groups is 3. The van der Waals surface area contributed by atoms with E-state index in [4.69, 9.17) is 0 Å². The van der Waals surface area contributed by atoms with Crippen molar-refractivity contribution in [1.29, 1.82) is 0 Å². The average Bonchev–Trinajstić information content (AvgIpc) is 2.27. The van der Waals surface area contributed by atoms with E-state index in [9.17, 15) is 14.4 Å². The van der Waals surface area contributed by atoms with Gasteiger partial charge in [0.05, 0.1) is 20.1 Å². The zero-order valence-corrected chi connectivity index (χ0v) is 8.82. The summed E-state index contributed by atoms with van der Waals surface area (Å²) >= 11 is 0. The van der Waals surface area contributed by atoms with Gasteiger partial charge in [-0.1, -0.05) is 0 Å². The number of hydrogen-bond acceptors (Lipinski definition) is 5. The predicted octanol–water partition coefficient (Wildman–Crippen LogP) is 0.318. The maximum Gasteiger partial charge on any atom is 0.316 e. The Hall–Kier alpha value is -1.39. The van der Waals surface area contributed by atoms with Gasteiger partial charge in [-0.3, -0.25) is 14.4 Å². The molecule has 1 saturated carbocycles. The summed E-state index contributed by atoms with van der Waals surface area (Å²) < 4.78 is 9.09. The summed E-state index contributed by atoms with van der Waals surface area (Å²) in [5.41, 5.74) is 0. The van der Waals surface area contributed by atoms with E-state index >= 15 is 0 Å². The first kappa shape index (κ1) is 11.7. The zero-order chi connectivity index (χ0) is 11.4. The van der Waals surface area contributed by atoms with E-state index in [-0.39, 0.29) is 30.5 Å². The van der Waals surface area contributed by atoms with Crippen LogP contribution in [-0.4, -0.2) is 31.9 Å². The molecule has 1 aliphatic carbocycles. The van der Waals surface area contributed by atoms with Gasteiger partial charge >= 0.3 is 11.9 Å². The van der Waals surface area contributed by atoms with Crippen LogP contribution in [-0.2, 0) is 23.9 Å². The van der Waals surface area contributed by atoms with E-state index in [0.717, 1.165) is 0 Å². The summed E-state index contributed by atoms with van der Waals surface area (Å²) in [5.74, 6) is -2.24. The summed E-state index contributed by atoms with van der Waals surface area (Å²) in [6, 6.07) is 0. The molecule has 0 spiro atoms. The second-order valence-electron chi connectivity index (χ2n) is 3.54. The molecule has 5 nitrogen and oxygen atoms in total. The first-order valence-electron chi connectivity index (χ1n) is 4.78. The van der Waals surface area contributed by atoms with Gasteiger partial charge in [0.2, 0.25) is 0 Å². The van der Waals surface area contributed by atoms with Crippen LogP contribution in [0, 0.1) is 11.8 Å². The number of methoxy groups -OCH3 is 2. The summed E-state index contributed by atoms with van der Waals surface area (Å²) in [5, 5.41) is 0. The quantitative estimate of drug-likeness (QED) is 0.489. The van der Waals surface area contributed by atoms with Crippen molar-refractivity contribution in [3.8, 4) is 0 Å². The third-order valence-corrected chi connectivity index (χ3v) is 2.67. The predicted molar refractivity (Wildman–Crippen MR) is 49.9 cm³/mol. The Labute approximate surface area is 87.7 Å². The van der Waals surface area contributed by atoms with Crippen molar-refractivity contribution in [2.75, 3.05) is 14.2 Å². The molecule has 0 aliphatic heterocycles. The van der Waals surface area contributed by atoms with Gasteiger partial charge in [-0.05, 0) is 12.8 Å². The Morgan fingerprint density at radius 1 is 1.20 bits per heavy atom. The summed E-state index contributed by atoms with van der Waals surface area (Å²) in [6.07, 6.45) is 0.900. The summed E-state index contributed by atoms with van der Waals surface area (Å²) in [4.78, 5) is 33.9. The van der Waals surface area contributed by atoms with Crippen molar-refractivity contribution in [3.63, 3.8) is 0 Å². The molecular weight excluding hydrogens is 200 g/mol.